The molecular weight excluding hydrogens is 232 g/mol. The Morgan fingerprint density at radius 2 is 1.56 bits per heavy atom. The van der Waals surface area contributed by atoms with E-state index >= 15 is 0 Å². The molecule has 0 heterocycles. The van der Waals surface area contributed by atoms with Gasteiger partial charge in [0.2, 0.25) is 0 Å². The Bertz CT molecular complexity index is 284. The van der Waals surface area contributed by atoms with E-state index in [4.69, 9.17) is 4.55 Å². The van der Waals surface area contributed by atoms with Gasteiger partial charge in [-0.25, -0.2) is 0 Å². The van der Waals surface area contributed by atoms with Gasteiger partial charge >= 0.3 is 16.4 Å². The fourth-order valence-electron chi connectivity index (χ4n) is 1.39. The summed E-state index contributed by atoms with van der Waals surface area (Å²) < 4.78 is 32.3. The molecule has 0 spiro atoms. The largest absolute Gasteiger partial charge is 0.448 e. The molecular formula is C10H20O5S. The molecule has 0 amide bonds. The topological polar surface area (TPSA) is 80.7 Å². The van der Waals surface area contributed by atoms with Crippen molar-refractivity contribution in [1.82, 2.24) is 0 Å². The smallest absolute Gasteiger partial charge is 0.325 e. The van der Waals surface area contributed by atoms with E-state index in [0.29, 0.717) is 6.42 Å². The molecule has 0 saturated heterocycles. The molecule has 0 aliphatic rings. The molecule has 0 bridgehead atoms. The van der Waals surface area contributed by atoms with Crippen LogP contribution in [-0.2, 0) is 19.4 Å². The second-order valence-electron chi connectivity index (χ2n) is 3.75. The molecule has 16 heavy (non-hydrogen) atoms. The summed E-state index contributed by atoms with van der Waals surface area (Å²) in [6.45, 7) is 2.14. The van der Waals surface area contributed by atoms with E-state index in [2.05, 4.69) is 11.1 Å². The van der Waals surface area contributed by atoms with E-state index in [1.54, 1.807) is 0 Å². The van der Waals surface area contributed by atoms with Crippen molar-refractivity contribution in [2.45, 2.75) is 58.3 Å². The van der Waals surface area contributed by atoms with Crippen molar-refractivity contribution >= 4 is 16.4 Å². The molecule has 0 saturated carbocycles. The van der Waals surface area contributed by atoms with Gasteiger partial charge in [-0.05, 0) is 6.42 Å². The van der Waals surface area contributed by atoms with Crippen molar-refractivity contribution in [3.63, 3.8) is 0 Å². The average Bonchev–Trinajstić information content (AvgIpc) is 2.13. The summed E-state index contributed by atoms with van der Waals surface area (Å²) in [5, 5.41) is 0. The summed E-state index contributed by atoms with van der Waals surface area (Å²) in [4.78, 5) is 10.8. The zero-order chi connectivity index (χ0) is 12.4. The minimum absolute atomic E-state index is 0.0353. The van der Waals surface area contributed by atoms with Crippen LogP contribution in [0.15, 0.2) is 0 Å². The van der Waals surface area contributed by atoms with Crippen molar-refractivity contribution in [2.24, 2.45) is 0 Å². The molecule has 0 atom stereocenters. The van der Waals surface area contributed by atoms with Crippen molar-refractivity contribution in [3.05, 3.63) is 0 Å². The molecule has 1 N–H and O–H groups in total. The van der Waals surface area contributed by atoms with Crippen LogP contribution in [0, 0.1) is 0 Å². The summed E-state index contributed by atoms with van der Waals surface area (Å²) in [5.41, 5.74) is 0. The molecule has 0 fully saturated rings. The third-order valence-corrected chi connectivity index (χ3v) is 2.58. The predicted octanol–water partition coefficient (Wildman–Crippen LogP) is 2.47. The highest BCUT2D eigenvalue weighted by Crippen LogP contribution is 2.09. The first-order valence-electron chi connectivity index (χ1n) is 5.65. The van der Waals surface area contributed by atoms with Gasteiger partial charge in [-0.15, -0.1) is 0 Å². The maximum atomic E-state index is 10.8. The summed E-state index contributed by atoms with van der Waals surface area (Å²) in [6, 6.07) is 0. The Balaban J connectivity index is 3.35. The third kappa shape index (κ3) is 11.5. The van der Waals surface area contributed by atoms with Gasteiger partial charge in [0.05, 0.1) is 0 Å². The van der Waals surface area contributed by atoms with Crippen molar-refractivity contribution < 1.29 is 21.9 Å². The minimum atomic E-state index is -4.63. The first kappa shape index (κ1) is 15.4. The fourth-order valence-corrected chi connectivity index (χ4v) is 1.70. The predicted molar refractivity (Wildman–Crippen MR) is 60.3 cm³/mol. The lowest BCUT2D eigenvalue weighted by Crippen LogP contribution is -2.11. The van der Waals surface area contributed by atoms with Gasteiger partial charge in [0.15, 0.2) is 0 Å². The van der Waals surface area contributed by atoms with Gasteiger partial charge in [-0.1, -0.05) is 45.4 Å². The Morgan fingerprint density at radius 3 is 2.06 bits per heavy atom. The lowest BCUT2D eigenvalue weighted by atomic mass is 10.1. The summed E-state index contributed by atoms with van der Waals surface area (Å²) in [5.74, 6) is -0.893. The van der Waals surface area contributed by atoms with Crippen LogP contribution in [0.5, 0.6) is 0 Å². The lowest BCUT2D eigenvalue weighted by molar-refractivity contribution is -0.134. The van der Waals surface area contributed by atoms with E-state index < -0.39 is 16.4 Å². The molecule has 0 aliphatic carbocycles. The van der Waals surface area contributed by atoms with Crippen molar-refractivity contribution in [1.29, 1.82) is 0 Å². The quantitative estimate of drug-likeness (QED) is 0.503. The van der Waals surface area contributed by atoms with Crippen LogP contribution in [-0.4, -0.2) is 18.9 Å². The van der Waals surface area contributed by atoms with Gasteiger partial charge in [0.1, 0.15) is 0 Å². The monoisotopic (exact) mass is 252 g/mol. The van der Waals surface area contributed by atoms with E-state index in [-0.39, 0.29) is 6.42 Å². The minimum Gasteiger partial charge on any atom is -0.325 e. The van der Waals surface area contributed by atoms with Gasteiger partial charge < -0.3 is 4.18 Å². The number of carbonyl (C=O) groups is 1. The Hall–Kier alpha value is -0.620. The normalized spacial score (nSPS) is 11.4. The van der Waals surface area contributed by atoms with Crippen molar-refractivity contribution in [2.75, 3.05) is 0 Å². The first-order chi connectivity index (χ1) is 7.45. The number of rotatable bonds is 9. The number of hydrogen-bond acceptors (Lipinski definition) is 4. The van der Waals surface area contributed by atoms with Gasteiger partial charge in [-0.3, -0.25) is 9.35 Å². The van der Waals surface area contributed by atoms with Crippen LogP contribution < -0.4 is 0 Å². The van der Waals surface area contributed by atoms with Crippen LogP contribution in [0.4, 0.5) is 0 Å². The van der Waals surface area contributed by atoms with Crippen LogP contribution in [0.1, 0.15) is 58.3 Å². The standard InChI is InChI=1S/C10H20O5S/c1-2-3-4-5-6-7-8-9-10(11)15-16(12,13)14/h2-9H2,1H3,(H,12,13,14). The molecule has 0 aromatic rings. The van der Waals surface area contributed by atoms with Crippen LogP contribution >= 0.6 is 0 Å². The molecule has 6 heteroatoms. The van der Waals surface area contributed by atoms with Crippen LogP contribution in [0.25, 0.3) is 0 Å². The highest BCUT2D eigenvalue weighted by atomic mass is 32.3. The molecule has 0 aromatic carbocycles. The Morgan fingerprint density at radius 1 is 1.06 bits per heavy atom. The highest BCUT2D eigenvalue weighted by Gasteiger charge is 2.11. The van der Waals surface area contributed by atoms with E-state index in [1.165, 1.54) is 19.3 Å². The summed E-state index contributed by atoms with van der Waals surface area (Å²) in [7, 11) is -4.63. The Kier molecular flexibility index (Phi) is 8.19. The fraction of sp³-hybridized carbons (Fsp3) is 0.900. The van der Waals surface area contributed by atoms with Gasteiger partial charge in [-0.2, -0.15) is 8.42 Å². The molecule has 0 radical (unpaired) electrons. The average molecular weight is 252 g/mol. The lowest BCUT2D eigenvalue weighted by Gasteiger charge is -2.01. The van der Waals surface area contributed by atoms with Crippen LogP contribution in [0.3, 0.4) is 0 Å². The van der Waals surface area contributed by atoms with E-state index in [9.17, 15) is 13.2 Å². The molecule has 96 valence electrons. The van der Waals surface area contributed by atoms with Gasteiger partial charge in [0.25, 0.3) is 0 Å². The highest BCUT2D eigenvalue weighted by molar-refractivity contribution is 7.81. The number of hydrogen-bond donors (Lipinski definition) is 1. The molecule has 0 rings (SSSR count). The van der Waals surface area contributed by atoms with Gasteiger partial charge in [0, 0.05) is 6.42 Å². The first-order valence-corrected chi connectivity index (χ1v) is 7.02. The van der Waals surface area contributed by atoms with Crippen LogP contribution in [0.2, 0.25) is 0 Å². The zero-order valence-electron chi connectivity index (χ0n) is 9.65. The molecule has 0 aromatic heterocycles. The number of carbonyl (C=O) groups excluding carboxylic acids is 1. The maximum Gasteiger partial charge on any atom is 0.448 e. The second-order valence-corrected chi connectivity index (χ2v) is 4.78. The summed E-state index contributed by atoms with van der Waals surface area (Å²) >= 11 is 0. The number of unbranched alkanes of at least 4 members (excludes halogenated alkanes) is 6. The molecule has 5 nitrogen and oxygen atoms in total. The summed E-state index contributed by atoms with van der Waals surface area (Å²) in [6.07, 6.45) is 7.32. The molecule has 0 unspecified atom stereocenters. The third-order valence-electron chi connectivity index (χ3n) is 2.18. The molecule has 0 aliphatic heterocycles. The zero-order valence-corrected chi connectivity index (χ0v) is 10.5. The van der Waals surface area contributed by atoms with E-state index in [0.717, 1.165) is 19.3 Å². The van der Waals surface area contributed by atoms with E-state index in [1.807, 2.05) is 0 Å². The second kappa shape index (κ2) is 8.52. The van der Waals surface area contributed by atoms with Crippen molar-refractivity contribution in [3.8, 4) is 0 Å². The maximum absolute atomic E-state index is 10.8. The SMILES string of the molecule is CCCCCCCCCC(=O)OS(=O)(=O)O. The Labute approximate surface area is 97.1 Å².